The first kappa shape index (κ1) is 14.1. The van der Waals surface area contributed by atoms with Gasteiger partial charge in [0, 0.05) is 13.7 Å². The van der Waals surface area contributed by atoms with Gasteiger partial charge in [0.2, 0.25) is 5.82 Å². The van der Waals surface area contributed by atoms with Gasteiger partial charge in [-0.15, -0.1) is 0 Å². The van der Waals surface area contributed by atoms with E-state index >= 15 is 0 Å². The van der Waals surface area contributed by atoms with Gasteiger partial charge < -0.3 is 9.47 Å². The molecule has 1 aromatic rings. The Hall–Kier alpha value is -1.96. The van der Waals surface area contributed by atoms with E-state index in [-0.39, 0.29) is 26.2 Å². The Bertz CT molecular complexity index is 522. The fraction of sp³-hybridized carbons (Fsp3) is 0.500. The molecule has 0 aliphatic rings. The number of carbonyl (C=O) groups excluding carboxylic acids is 1. The molecule has 8 heteroatoms. The van der Waals surface area contributed by atoms with E-state index in [9.17, 15) is 18.8 Å². The van der Waals surface area contributed by atoms with Gasteiger partial charge in [0.25, 0.3) is 5.56 Å². The molecular weight excluding hydrogens is 247 g/mol. The third-order valence-corrected chi connectivity index (χ3v) is 2.07. The number of aromatic amines is 1. The van der Waals surface area contributed by atoms with Crippen molar-refractivity contribution < 1.29 is 18.7 Å². The second-order valence-electron chi connectivity index (χ2n) is 3.39. The third kappa shape index (κ3) is 4.13. The van der Waals surface area contributed by atoms with Crippen LogP contribution in [0.1, 0.15) is 6.42 Å². The van der Waals surface area contributed by atoms with Crippen LogP contribution in [0.2, 0.25) is 0 Å². The number of methoxy groups -OCH3 is 1. The number of aryl methyl sites for hydroxylation is 1. The standard InChI is InChI=1S/C10H13FN2O5/c1-17-4-5-18-8(14)2-3-13-6-7(11)9(15)12-10(13)16/h6H,2-5H2,1H3,(H,12,15,16). The highest BCUT2D eigenvalue weighted by Gasteiger charge is 2.07. The van der Waals surface area contributed by atoms with Gasteiger partial charge in [-0.2, -0.15) is 4.39 Å². The van der Waals surface area contributed by atoms with E-state index in [0.29, 0.717) is 0 Å². The number of ether oxygens (including phenoxy) is 2. The fourth-order valence-corrected chi connectivity index (χ4v) is 1.17. The van der Waals surface area contributed by atoms with Crippen molar-refractivity contribution in [3.63, 3.8) is 0 Å². The summed E-state index contributed by atoms with van der Waals surface area (Å²) in [5.74, 6) is -1.62. The normalized spacial score (nSPS) is 10.3. The zero-order valence-corrected chi connectivity index (χ0v) is 9.77. The summed E-state index contributed by atoms with van der Waals surface area (Å²) < 4.78 is 23.2. The van der Waals surface area contributed by atoms with Crippen molar-refractivity contribution in [3.05, 3.63) is 32.9 Å². The molecule has 18 heavy (non-hydrogen) atoms. The first-order valence-electron chi connectivity index (χ1n) is 5.18. The number of halogens is 1. The molecule has 100 valence electrons. The highest BCUT2D eigenvalue weighted by molar-refractivity contribution is 5.69. The summed E-state index contributed by atoms with van der Waals surface area (Å²) in [4.78, 5) is 35.0. The van der Waals surface area contributed by atoms with Crippen molar-refractivity contribution in [1.82, 2.24) is 9.55 Å². The largest absolute Gasteiger partial charge is 0.463 e. The number of hydrogen-bond acceptors (Lipinski definition) is 5. The number of rotatable bonds is 6. The molecule has 0 spiro atoms. The Morgan fingerprint density at radius 2 is 2.17 bits per heavy atom. The van der Waals surface area contributed by atoms with Crippen LogP contribution in [0.5, 0.6) is 0 Å². The zero-order valence-electron chi connectivity index (χ0n) is 9.77. The quantitative estimate of drug-likeness (QED) is 0.537. The van der Waals surface area contributed by atoms with Gasteiger partial charge in [-0.3, -0.25) is 19.1 Å². The average Bonchev–Trinajstić information content (AvgIpc) is 2.32. The Balaban J connectivity index is 2.54. The number of H-pyrrole nitrogens is 1. The molecule has 0 saturated heterocycles. The summed E-state index contributed by atoms with van der Waals surface area (Å²) in [7, 11) is 1.47. The van der Waals surface area contributed by atoms with Gasteiger partial charge in [0.15, 0.2) is 0 Å². The van der Waals surface area contributed by atoms with Crippen LogP contribution in [-0.4, -0.2) is 35.8 Å². The Morgan fingerprint density at radius 1 is 1.44 bits per heavy atom. The molecule has 1 aromatic heterocycles. The highest BCUT2D eigenvalue weighted by atomic mass is 19.1. The molecule has 0 aliphatic carbocycles. The summed E-state index contributed by atoms with van der Waals surface area (Å²) in [6.07, 6.45) is 0.651. The molecule has 0 unspecified atom stereocenters. The SMILES string of the molecule is COCCOC(=O)CCn1cc(F)c(=O)[nH]c1=O. The van der Waals surface area contributed by atoms with Crippen LogP contribution >= 0.6 is 0 Å². The minimum Gasteiger partial charge on any atom is -0.463 e. The molecule has 7 nitrogen and oxygen atoms in total. The lowest BCUT2D eigenvalue weighted by Crippen LogP contribution is -2.32. The van der Waals surface area contributed by atoms with E-state index in [1.165, 1.54) is 7.11 Å². The molecular formula is C10H13FN2O5. The van der Waals surface area contributed by atoms with E-state index < -0.39 is 23.0 Å². The van der Waals surface area contributed by atoms with Crippen LogP contribution in [0.3, 0.4) is 0 Å². The van der Waals surface area contributed by atoms with Gasteiger partial charge in [-0.05, 0) is 0 Å². The van der Waals surface area contributed by atoms with E-state index in [2.05, 4.69) is 4.74 Å². The molecule has 0 fully saturated rings. The Kier molecular flexibility index (Phi) is 5.25. The Labute approximate surface area is 101 Å². The van der Waals surface area contributed by atoms with Gasteiger partial charge in [0.05, 0.1) is 19.2 Å². The lowest BCUT2D eigenvalue weighted by Gasteiger charge is -2.05. The molecule has 1 rings (SSSR count). The van der Waals surface area contributed by atoms with Crippen molar-refractivity contribution in [1.29, 1.82) is 0 Å². The number of carbonyl (C=O) groups is 1. The van der Waals surface area contributed by atoms with Crippen LogP contribution in [0.15, 0.2) is 15.8 Å². The number of nitrogens with zero attached hydrogens (tertiary/aromatic N) is 1. The van der Waals surface area contributed by atoms with Crippen LogP contribution in [0.4, 0.5) is 4.39 Å². The van der Waals surface area contributed by atoms with Crippen molar-refractivity contribution in [3.8, 4) is 0 Å². The molecule has 0 aromatic carbocycles. The summed E-state index contributed by atoms with van der Waals surface area (Å²) in [5, 5.41) is 0. The van der Waals surface area contributed by atoms with Crippen LogP contribution < -0.4 is 11.2 Å². The number of aromatic nitrogens is 2. The fourth-order valence-electron chi connectivity index (χ4n) is 1.17. The monoisotopic (exact) mass is 260 g/mol. The second-order valence-corrected chi connectivity index (χ2v) is 3.39. The van der Waals surface area contributed by atoms with E-state index in [4.69, 9.17) is 4.74 Å². The molecule has 0 aliphatic heterocycles. The van der Waals surface area contributed by atoms with Gasteiger partial charge in [-0.1, -0.05) is 0 Å². The van der Waals surface area contributed by atoms with E-state index in [1.54, 1.807) is 4.98 Å². The molecule has 0 radical (unpaired) electrons. The number of nitrogens with one attached hydrogen (secondary N) is 1. The smallest absolute Gasteiger partial charge is 0.328 e. The summed E-state index contributed by atoms with van der Waals surface area (Å²) in [6, 6.07) is 0. The number of esters is 1. The van der Waals surface area contributed by atoms with Crippen LogP contribution in [-0.2, 0) is 20.8 Å². The van der Waals surface area contributed by atoms with Crippen molar-refractivity contribution >= 4 is 5.97 Å². The minimum atomic E-state index is -1.08. The predicted molar refractivity (Wildman–Crippen MR) is 58.7 cm³/mol. The van der Waals surface area contributed by atoms with Crippen LogP contribution in [0.25, 0.3) is 0 Å². The van der Waals surface area contributed by atoms with Crippen molar-refractivity contribution in [2.75, 3.05) is 20.3 Å². The maximum absolute atomic E-state index is 12.9. The summed E-state index contributed by atoms with van der Waals surface area (Å²) >= 11 is 0. The predicted octanol–water partition coefficient (Wildman–Crippen LogP) is -0.745. The molecule has 0 bridgehead atoms. The number of hydrogen-bond donors (Lipinski definition) is 1. The van der Waals surface area contributed by atoms with Crippen molar-refractivity contribution in [2.24, 2.45) is 0 Å². The summed E-state index contributed by atoms with van der Waals surface area (Å²) in [6.45, 7) is 0.321. The van der Waals surface area contributed by atoms with Gasteiger partial charge in [-0.25, -0.2) is 4.79 Å². The highest BCUT2D eigenvalue weighted by Crippen LogP contribution is 1.92. The molecule has 0 saturated carbocycles. The zero-order chi connectivity index (χ0) is 13.5. The lowest BCUT2D eigenvalue weighted by atomic mass is 10.4. The maximum atomic E-state index is 12.9. The van der Waals surface area contributed by atoms with E-state index in [0.717, 1.165) is 10.8 Å². The minimum absolute atomic E-state index is 0.0711. The lowest BCUT2D eigenvalue weighted by molar-refractivity contribution is -0.145. The first-order valence-corrected chi connectivity index (χ1v) is 5.18. The first-order chi connectivity index (χ1) is 8.54. The topological polar surface area (TPSA) is 90.4 Å². The molecule has 1 heterocycles. The molecule has 0 amide bonds. The maximum Gasteiger partial charge on any atom is 0.328 e. The Morgan fingerprint density at radius 3 is 2.83 bits per heavy atom. The van der Waals surface area contributed by atoms with Crippen LogP contribution in [0, 0.1) is 5.82 Å². The second kappa shape index (κ2) is 6.70. The van der Waals surface area contributed by atoms with Crippen molar-refractivity contribution in [2.45, 2.75) is 13.0 Å². The van der Waals surface area contributed by atoms with E-state index in [1.807, 2.05) is 0 Å². The average molecular weight is 260 g/mol. The molecule has 1 N–H and O–H groups in total. The summed E-state index contributed by atoms with van der Waals surface area (Å²) in [5.41, 5.74) is -1.86. The van der Waals surface area contributed by atoms with Gasteiger partial charge >= 0.3 is 11.7 Å². The molecule has 0 atom stereocenters. The third-order valence-electron chi connectivity index (χ3n) is 2.07. The van der Waals surface area contributed by atoms with Gasteiger partial charge in [0.1, 0.15) is 6.61 Å².